The van der Waals surface area contributed by atoms with Gasteiger partial charge in [0.1, 0.15) is 5.69 Å². The summed E-state index contributed by atoms with van der Waals surface area (Å²) in [6.07, 6.45) is 0. The van der Waals surface area contributed by atoms with Crippen LogP contribution in [-0.2, 0) is 0 Å². The van der Waals surface area contributed by atoms with Crippen LogP contribution in [0.3, 0.4) is 0 Å². The number of carbonyl (C=O) groups is 2. The second-order valence-electron chi connectivity index (χ2n) is 3.67. The monoisotopic (exact) mass is 295 g/mol. The third kappa shape index (κ3) is 3.52. The van der Waals surface area contributed by atoms with Crippen molar-refractivity contribution in [2.45, 2.75) is 6.92 Å². The molecule has 0 spiro atoms. The fourth-order valence-corrected chi connectivity index (χ4v) is 2.13. The van der Waals surface area contributed by atoms with Gasteiger partial charge >= 0.3 is 0 Å². The number of halogens is 1. The van der Waals surface area contributed by atoms with Gasteiger partial charge in [0.25, 0.3) is 11.8 Å². The van der Waals surface area contributed by atoms with E-state index in [9.17, 15) is 9.59 Å². The van der Waals surface area contributed by atoms with E-state index >= 15 is 0 Å². The molecule has 1 heterocycles. The Morgan fingerprint density at radius 2 is 2.00 bits per heavy atom. The molecule has 19 heavy (non-hydrogen) atoms. The van der Waals surface area contributed by atoms with Crippen LogP contribution in [0.4, 0.5) is 0 Å². The normalized spacial score (nSPS) is 10.0. The number of hydrogen-bond acceptors (Lipinski definition) is 4. The lowest BCUT2D eigenvalue weighted by molar-refractivity contribution is 0.0844. The van der Waals surface area contributed by atoms with Crippen molar-refractivity contribution >= 4 is 34.8 Å². The maximum atomic E-state index is 11.7. The SMILES string of the molecule is Cc1nc(C(=O)NNC(=O)c2cccc(Cl)c2)cs1. The number of hydrazine groups is 1. The summed E-state index contributed by atoms with van der Waals surface area (Å²) in [5.41, 5.74) is 5.23. The van der Waals surface area contributed by atoms with Crippen LogP contribution in [0.2, 0.25) is 5.02 Å². The number of nitrogens with zero attached hydrogens (tertiary/aromatic N) is 1. The van der Waals surface area contributed by atoms with E-state index in [1.165, 1.54) is 17.4 Å². The summed E-state index contributed by atoms with van der Waals surface area (Å²) in [5.74, 6) is -0.900. The number of benzene rings is 1. The van der Waals surface area contributed by atoms with Gasteiger partial charge in [-0.2, -0.15) is 0 Å². The minimum atomic E-state index is -0.459. The smallest absolute Gasteiger partial charge is 0.267 e. The average Bonchev–Trinajstić information content (AvgIpc) is 2.82. The van der Waals surface area contributed by atoms with Gasteiger partial charge < -0.3 is 0 Å². The van der Waals surface area contributed by atoms with Crippen LogP contribution < -0.4 is 10.9 Å². The summed E-state index contributed by atoms with van der Waals surface area (Å²) >= 11 is 7.14. The van der Waals surface area contributed by atoms with Crippen LogP contribution in [0.5, 0.6) is 0 Å². The molecule has 7 heteroatoms. The number of rotatable bonds is 2. The summed E-state index contributed by atoms with van der Waals surface area (Å²) in [4.78, 5) is 27.4. The minimum absolute atomic E-state index is 0.272. The first-order chi connectivity index (χ1) is 9.06. The summed E-state index contributed by atoms with van der Waals surface area (Å²) < 4.78 is 0. The van der Waals surface area contributed by atoms with Gasteiger partial charge in [-0.05, 0) is 25.1 Å². The highest BCUT2D eigenvalue weighted by molar-refractivity contribution is 7.09. The molecule has 2 rings (SSSR count). The first kappa shape index (κ1) is 13.5. The topological polar surface area (TPSA) is 71.1 Å². The first-order valence-corrected chi connectivity index (χ1v) is 6.60. The van der Waals surface area contributed by atoms with Crippen LogP contribution in [0, 0.1) is 6.92 Å². The van der Waals surface area contributed by atoms with Gasteiger partial charge in [-0.3, -0.25) is 20.4 Å². The van der Waals surface area contributed by atoms with E-state index in [1.54, 1.807) is 30.5 Å². The fraction of sp³-hybridized carbons (Fsp3) is 0.0833. The van der Waals surface area contributed by atoms with E-state index in [2.05, 4.69) is 15.8 Å². The zero-order chi connectivity index (χ0) is 13.8. The first-order valence-electron chi connectivity index (χ1n) is 5.34. The van der Waals surface area contributed by atoms with Crippen LogP contribution in [0.15, 0.2) is 29.6 Å². The Bertz CT molecular complexity index is 627. The Balaban J connectivity index is 1.95. The fourth-order valence-electron chi connectivity index (χ4n) is 1.35. The Morgan fingerprint density at radius 3 is 2.63 bits per heavy atom. The molecule has 1 aromatic heterocycles. The Labute approximate surface area is 118 Å². The summed E-state index contributed by atoms with van der Waals surface area (Å²) in [7, 11) is 0. The molecule has 0 bridgehead atoms. The molecule has 2 N–H and O–H groups in total. The van der Waals surface area contributed by atoms with E-state index in [4.69, 9.17) is 11.6 Å². The van der Waals surface area contributed by atoms with Crippen LogP contribution in [-0.4, -0.2) is 16.8 Å². The molecule has 0 aliphatic rings. The molecule has 5 nitrogen and oxygen atoms in total. The molecule has 0 atom stereocenters. The average molecular weight is 296 g/mol. The summed E-state index contributed by atoms with van der Waals surface area (Å²) in [6.45, 7) is 1.80. The van der Waals surface area contributed by atoms with E-state index in [1.807, 2.05) is 0 Å². The molecule has 0 saturated heterocycles. The van der Waals surface area contributed by atoms with Gasteiger partial charge in [-0.1, -0.05) is 17.7 Å². The standard InChI is InChI=1S/C12H10ClN3O2S/c1-7-14-10(6-19-7)12(18)16-15-11(17)8-3-2-4-9(13)5-8/h2-6H,1H3,(H,15,17)(H,16,18). The van der Waals surface area contributed by atoms with Crippen molar-refractivity contribution in [3.8, 4) is 0 Å². The number of aromatic nitrogens is 1. The van der Waals surface area contributed by atoms with Gasteiger partial charge in [0, 0.05) is 16.0 Å². The molecule has 0 aliphatic heterocycles. The van der Waals surface area contributed by atoms with E-state index < -0.39 is 11.8 Å². The molecule has 0 unspecified atom stereocenters. The number of amides is 2. The molecular weight excluding hydrogens is 286 g/mol. The number of aryl methyl sites for hydroxylation is 1. The molecule has 1 aromatic carbocycles. The zero-order valence-electron chi connectivity index (χ0n) is 9.94. The number of nitrogens with one attached hydrogen (secondary N) is 2. The van der Waals surface area contributed by atoms with Crippen molar-refractivity contribution in [2.75, 3.05) is 0 Å². The van der Waals surface area contributed by atoms with Crippen molar-refractivity contribution in [2.24, 2.45) is 0 Å². The lowest BCUT2D eigenvalue weighted by Crippen LogP contribution is -2.41. The molecule has 2 amide bonds. The number of carbonyl (C=O) groups excluding carboxylic acids is 2. The van der Waals surface area contributed by atoms with E-state index in [-0.39, 0.29) is 5.69 Å². The third-order valence-corrected chi connectivity index (χ3v) is 3.24. The largest absolute Gasteiger partial charge is 0.289 e. The molecule has 0 fully saturated rings. The van der Waals surface area contributed by atoms with Crippen molar-refractivity contribution in [1.29, 1.82) is 0 Å². The maximum absolute atomic E-state index is 11.7. The third-order valence-electron chi connectivity index (χ3n) is 2.23. The van der Waals surface area contributed by atoms with E-state index in [0.29, 0.717) is 10.6 Å². The highest BCUT2D eigenvalue weighted by Gasteiger charge is 2.11. The number of hydrogen-bond donors (Lipinski definition) is 2. The van der Waals surface area contributed by atoms with E-state index in [0.717, 1.165) is 5.01 Å². The Kier molecular flexibility index (Phi) is 4.13. The highest BCUT2D eigenvalue weighted by atomic mass is 35.5. The predicted molar refractivity (Wildman–Crippen MR) is 73.2 cm³/mol. The lowest BCUT2D eigenvalue weighted by Gasteiger charge is -2.06. The lowest BCUT2D eigenvalue weighted by atomic mass is 10.2. The molecule has 0 aliphatic carbocycles. The van der Waals surface area contributed by atoms with Crippen LogP contribution in [0.25, 0.3) is 0 Å². The predicted octanol–water partition coefficient (Wildman–Crippen LogP) is 2.18. The maximum Gasteiger partial charge on any atom is 0.289 e. The van der Waals surface area contributed by atoms with Crippen molar-refractivity contribution < 1.29 is 9.59 Å². The minimum Gasteiger partial charge on any atom is -0.267 e. The van der Waals surface area contributed by atoms with Gasteiger partial charge in [0.15, 0.2) is 0 Å². The molecule has 2 aromatic rings. The van der Waals surface area contributed by atoms with Gasteiger partial charge in [0.2, 0.25) is 0 Å². The van der Waals surface area contributed by atoms with Gasteiger partial charge in [-0.25, -0.2) is 4.98 Å². The van der Waals surface area contributed by atoms with Gasteiger partial charge in [0.05, 0.1) is 5.01 Å². The zero-order valence-corrected chi connectivity index (χ0v) is 11.5. The Morgan fingerprint density at radius 1 is 1.26 bits per heavy atom. The van der Waals surface area contributed by atoms with Crippen molar-refractivity contribution in [3.05, 3.63) is 50.9 Å². The molecule has 0 radical (unpaired) electrons. The molecule has 98 valence electrons. The van der Waals surface area contributed by atoms with Crippen LogP contribution in [0.1, 0.15) is 25.9 Å². The molecular formula is C12H10ClN3O2S. The Hall–Kier alpha value is -1.92. The second-order valence-corrected chi connectivity index (χ2v) is 5.17. The molecule has 0 saturated carbocycles. The second kappa shape index (κ2) is 5.81. The van der Waals surface area contributed by atoms with Gasteiger partial charge in [-0.15, -0.1) is 11.3 Å². The number of thiazole rings is 1. The summed E-state index contributed by atoms with van der Waals surface area (Å²) in [6, 6.07) is 6.42. The summed E-state index contributed by atoms with van der Waals surface area (Å²) in [5, 5.41) is 2.86. The van der Waals surface area contributed by atoms with Crippen molar-refractivity contribution in [3.63, 3.8) is 0 Å². The quantitative estimate of drug-likeness (QED) is 0.834. The van der Waals surface area contributed by atoms with Crippen LogP contribution >= 0.6 is 22.9 Å². The highest BCUT2D eigenvalue weighted by Crippen LogP contribution is 2.10. The van der Waals surface area contributed by atoms with Crippen molar-refractivity contribution in [1.82, 2.24) is 15.8 Å².